The van der Waals surface area contributed by atoms with E-state index in [2.05, 4.69) is 29.5 Å². The molecule has 2 N–H and O–H groups in total. The molecule has 4 heterocycles. The van der Waals surface area contributed by atoms with E-state index >= 15 is 4.39 Å². The molecule has 23 heteroatoms. The molecule has 5 aromatic rings. The minimum Gasteiger partial charge on any atom is -0.493 e. The normalized spacial score (nSPS) is 18.2. The lowest BCUT2D eigenvalue weighted by atomic mass is 9.87. The number of aromatic nitrogens is 6. The SMILES string of the molecule is CC[C@@H]([C@H](C)OC(=O)OCOC(=O)CCCCCCOP(=O)(O)O)n1ncn(-c2ccc(N3CCN(c4ccc(OC[C@@H]5CO[C@@](Cn6cncn6)(c6ccc(F)cc6F)C5)cc4)CC3)cc2)c1=O. The molecule has 372 valence electrons. The van der Waals surface area contributed by atoms with Crippen molar-refractivity contribution in [3.8, 4) is 11.4 Å². The van der Waals surface area contributed by atoms with Crippen LogP contribution in [0.3, 0.4) is 0 Å². The Morgan fingerprint density at radius 2 is 1.58 bits per heavy atom. The zero-order chi connectivity index (χ0) is 49.0. The summed E-state index contributed by atoms with van der Waals surface area (Å²) >= 11 is 0. The van der Waals surface area contributed by atoms with Crippen molar-refractivity contribution in [1.82, 2.24) is 29.1 Å². The number of benzene rings is 3. The maximum atomic E-state index is 15.0. The van der Waals surface area contributed by atoms with Crippen LogP contribution in [0, 0.1) is 17.6 Å². The van der Waals surface area contributed by atoms with Crippen LogP contribution in [0.25, 0.3) is 5.69 Å². The molecular formula is C46H57F2N8O12P. The Labute approximate surface area is 396 Å². The topological polar surface area (TPSA) is 224 Å². The second kappa shape index (κ2) is 23.4. The molecule has 0 bridgehead atoms. The van der Waals surface area contributed by atoms with Crippen LogP contribution in [0.15, 0.2) is 90.5 Å². The van der Waals surface area contributed by atoms with Crippen LogP contribution in [0.5, 0.6) is 5.75 Å². The average Bonchev–Trinajstić information content (AvgIpc) is 4.09. The molecule has 0 unspecified atom stereocenters. The highest BCUT2D eigenvalue weighted by atomic mass is 31.2. The highest BCUT2D eigenvalue weighted by molar-refractivity contribution is 7.46. The van der Waals surface area contributed by atoms with Gasteiger partial charge in [0.2, 0.25) is 6.79 Å². The van der Waals surface area contributed by atoms with Gasteiger partial charge in [-0.15, -0.1) is 0 Å². The Balaban J connectivity index is 0.831. The fraction of sp³-hybridized carbons (Fsp3) is 0.478. The summed E-state index contributed by atoms with van der Waals surface area (Å²) in [6.07, 6.45) is 5.50. The van der Waals surface area contributed by atoms with Gasteiger partial charge in [-0.05, 0) is 87.2 Å². The predicted molar refractivity (Wildman–Crippen MR) is 245 cm³/mol. The summed E-state index contributed by atoms with van der Waals surface area (Å²) in [7, 11) is -4.49. The van der Waals surface area contributed by atoms with Gasteiger partial charge in [-0.25, -0.2) is 41.8 Å². The lowest BCUT2D eigenvalue weighted by Gasteiger charge is -2.37. The molecule has 2 fully saturated rings. The molecule has 2 saturated heterocycles. The van der Waals surface area contributed by atoms with Gasteiger partial charge in [0, 0.05) is 61.5 Å². The number of rotatable bonds is 23. The molecule has 0 amide bonds. The van der Waals surface area contributed by atoms with Gasteiger partial charge in [0.05, 0.1) is 38.1 Å². The van der Waals surface area contributed by atoms with Gasteiger partial charge in [0.25, 0.3) is 0 Å². The minimum absolute atomic E-state index is 0.0489. The molecular weight excluding hydrogens is 926 g/mol. The van der Waals surface area contributed by atoms with E-state index in [1.807, 2.05) is 55.5 Å². The van der Waals surface area contributed by atoms with Gasteiger partial charge in [0.15, 0.2) is 0 Å². The van der Waals surface area contributed by atoms with Crippen LogP contribution in [-0.2, 0) is 45.0 Å². The molecule has 20 nitrogen and oxygen atoms in total. The van der Waals surface area contributed by atoms with E-state index in [0.717, 1.165) is 43.6 Å². The van der Waals surface area contributed by atoms with Crippen LogP contribution in [-0.4, -0.2) is 110 Å². The van der Waals surface area contributed by atoms with Crippen molar-refractivity contribution < 1.29 is 60.9 Å². The zero-order valence-electron chi connectivity index (χ0n) is 38.4. The van der Waals surface area contributed by atoms with Crippen molar-refractivity contribution in [3.05, 3.63) is 113 Å². The molecule has 69 heavy (non-hydrogen) atoms. The van der Waals surface area contributed by atoms with E-state index < -0.39 is 61.8 Å². The first-order valence-corrected chi connectivity index (χ1v) is 24.3. The number of hydrogen-bond donors (Lipinski definition) is 2. The van der Waals surface area contributed by atoms with Crippen molar-refractivity contribution in [2.45, 2.75) is 83.1 Å². The molecule has 7 rings (SSSR count). The van der Waals surface area contributed by atoms with E-state index in [0.29, 0.717) is 63.2 Å². The molecule has 0 saturated carbocycles. The monoisotopic (exact) mass is 982 g/mol. The summed E-state index contributed by atoms with van der Waals surface area (Å²) < 4.78 is 75.9. The average molecular weight is 983 g/mol. The van der Waals surface area contributed by atoms with Crippen LogP contribution in [0.4, 0.5) is 25.0 Å². The molecule has 2 aliphatic heterocycles. The number of phosphoric acid groups is 1. The maximum Gasteiger partial charge on any atom is 0.511 e. The summed E-state index contributed by atoms with van der Waals surface area (Å²) in [5, 5.41) is 8.51. The number of carbonyl (C=O) groups excluding carboxylic acids is 2. The molecule has 0 spiro atoms. The van der Waals surface area contributed by atoms with Crippen LogP contribution in [0.2, 0.25) is 0 Å². The number of unbranched alkanes of at least 4 members (excludes halogenated alkanes) is 3. The second-order valence-electron chi connectivity index (χ2n) is 16.9. The first kappa shape index (κ1) is 50.7. The van der Waals surface area contributed by atoms with Gasteiger partial charge < -0.3 is 43.3 Å². The Morgan fingerprint density at radius 1 is 0.899 bits per heavy atom. The van der Waals surface area contributed by atoms with Gasteiger partial charge in [-0.1, -0.05) is 25.8 Å². The Hall–Kier alpha value is -6.19. The summed E-state index contributed by atoms with van der Waals surface area (Å²) in [4.78, 5) is 63.9. The summed E-state index contributed by atoms with van der Waals surface area (Å²) in [6.45, 7) is 6.72. The Bertz CT molecular complexity index is 2550. The van der Waals surface area contributed by atoms with E-state index in [-0.39, 0.29) is 31.1 Å². The lowest BCUT2D eigenvalue weighted by Crippen LogP contribution is -2.46. The molecule has 2 aliphatic rings. The number of nitrogens with zero attached hydrogens (tertiary/aromatic N) is 8. The van der Waals surface area contributed by atoms with Crippen LogP contribution in [0.1, 0.15) is 70.4 Å². The first-order valence-electron chi connectivity index (χ1n) is 22.8. The summed E-state index contributed by atoms with van der Waals surface area (Å²) in [6, 6.07) is 18.5. The number of halogens is 2. The number of anilines is 2. The number of carbonyl (C=O) groups is 2. The van der Waals surface area contributed by atoms with Crippen molar-refractivity contribution >= 4 is 31.3 Å². The standard InChI is InChI=1S/C46H57F2N8O12P/c1-3-42(33(2)68-45(59)65-32-64-43(57)8-6-4-5-7-23-67-69(60,61)62)56-44(58)55(31-51-56)38-12-10-36(11-13-38)52-19-21-53(22-20-52)37-14-16-39(17-15-37)63-26-34-25-46(66-27-34,28-54-30-49-29-50-54)40-18-9-35(47)24-41(40)48/h9-18,24,29-31,33-34,42H,3-8,19-23,25-28,32H2,1-2H3,(H2,60,61,62)/t33-,34+,42-,46-/m0/s1. The van der Waals surface area contributed by atoms with E-state index in [1.165, 1.54) is 34.0 Å². The second-order valence-corrected chi connectivity index (χ2v) is 18.2. The fourth-order valence-electron chi connectivity index (χ4n) is 8.61. The molecule has 4 atom stereocenters. The number of phosphoric ester groups is 1. The van der Waals surface area contributed by atoms with Crippen LogP contribution >= 0.6 is 7.82 Å². The smallest absolute Gasteiger partial charge is 0.493 e. The van der Waals surface area contributed by atoms with Gasteiger partial charge in [0.1, 0.15) is 48.1 Å². The Kier molecular flexibility index (Phi) is 17.2. The maximum absolute atomic E-state index is 15.0. The van der Waals surface area contributed by atoms with Crippen molar-refractivity contribution in [2.24, 2.45) is 5.92 Å². The Morgan fingerprint density at radius 3 is 2.23 bits per heavy atom. The third-order valence-corrected chi connectivity index (χ3v) is 12.7. The molecule has 0 aliphatic carbocycles. The minimum atomic E-state index is -4.49. The lowest BCUT2D eigenvalue weighted by molar-refractivity contribution is -0.154. The first-order chi connectivity index (χ1) is 33.2. The quantitative estimate of drug-likeness (QED) is 0.0317. The third kappa shape index (κ3) is 13.7. The van der Waals surface area contributed by atoms with Gasteiger partial charge >= 0.3 is 25.6 Å². The number of piperazine rings is 1. The van der Waals surface area contributed by atoms with Crippen molar-refractivity contribution in [3.63, 3.8) is 0 Å². The molecule has 0 radical (unpaired) electrons. The van der Waals surface area contributed by atoms with E-state index in [4.69, 9.17) is 33.5 Å². The van der Waals surface area contributed by atoms with Crippen LogP contribution < -0.4 is 20.2 Å². The largest absolute Gasteiger partial charge is 0.511 e. The highest BCUT2D eigenvalue weighted by Gasteiger charge is 2.45. The third-order valence-electron chi connectivity index (χ3n) is 12.2. The van der Waals surface area contributed by atoms with Crippen molar-refractivity contribution in [2.75, 3.05) is 62.6 Å². The molecule has 3 aromatic carbocycles. The fourth-order valence-corrected chi connectivity index (χ4v) is 8.98. The number of esters is 1. The van der Waals surface area contributed by atoms with Gasteiger partial charge in [-0.3, -0.25) is 9.32 Å². The summed E-state index contributed by atoms with van der Waals surface area (Å²) in [5.74, 6) is -1.26. The van der Waals surface area contributed by atoms with E-state index in [9.17, 15) is 23.3 Å². The summed E-state index contributed by atoms with van der Waals surface area (Å²) in [5.41, 5.74) is 1.49. The highest BCUT2D eigenvalue weighted by Crippen LogP contribution is 2.42. The predicted octanol–water partition coefficient (Wildman–Crippen LogP) is 6.29. The number of ether oxygens (including phenoxy) is 5. The van der Waals surface area contributed by atoms with Gasteiger partial charge in [-0.2, -0.15) is 10.2 Å². The zero-order valence-corrected chi connectivity index (χ0v) is 39.3. The van der Waals surface area contributed by atoms with E-state index in [1.54, 1.807) is 17.9 Å². The van der Waals surface area contributed by atoms with Crippen molar-refractivity contribution in [1.29, 1.82) is 0 Å². The molecule has 2 aromatic heterocycles. The number of hydrogen-bond acceptors (Lipinski definition) is 15.